The molecule has 1 atom stereocenters. The second-order valence-corrected chi connectivity index (χ2v) is 5.82. The average molecular weight is 294 g/mol. The van der Waals surface area contributed by atoms with E-state index in [0.29, 0.717) is 25.9 Å². The second kappa shape index (κ2) is 6.15. The number of carboxylic acid groups (broad SMARTS) is 1. The van der Waals surface area contributed by atoms with Crippen LogP contribution in [-0.4, -0.2) is 51.4 Å². The minimum absolute atomic E-state index is 0.190. The number of aromatic nitrogens is 2. The van der Waals surface area contributed by atoms with Gasteiger partial charge in [0.2, 0.25) is 0 Å². The van der Waals surface area contributed by atoms with Gasteiger partial charge in [0, 0.05) is 45.0 Å². The smallest absolute Gasteiger partial charge is 0.317 e. The third-order valence-corrected chi connectivity index (χ3v) is 4.08. The van der Waals surface area contributed by atoms with Crippen molar-refractivity contribution in [1.29, 1.82) is 0 Å². The number of nitrogens with zero attached hydrogens (tertiary/aromatic N) is 3. The molecule has 1 unspecified atom stereocenters. The molecule has 1 saturated heterocycles. The molecule has 2 N–H and O–H groups in total. The molecule has 0 aromatic carbocycles. The lowest BCUT2D eigenvalue weighted by Gasteiger charge is -2.37. The first-order valence-corrected chi connectivity index (χ1v) is 7.15. The molecular formula is C14H22N4O3. The number of hydrogen-bond donors (Lipinski definition) is 2. The molecule has 2 rings (SSSR count). The highest BCUT2D eigenvalue weighted by molar-refractivity contribution is 5.78. The van der Waals surface area contributed by atoms with Crippen LogP contribution < -0.4 is 5.32 Å². The van der Waals surface area contributed by atoms with E-state index < -0.39 is 11.4 Å². The molecule has 0 spiro atoms. The summed E-state index contributed by atoms with van der Waals surface area (Å²) in [6.45, 7) is 3.09. The van der Waals surface area contributed by atoms with Crippen molar-refractivity contribution >= 4 is 12.0 Å². The molecule has 2 amide bonds. The van der Waals surface area contributed by atoms with Gasteiger partial charge in [-0.3, -0.25) is 9.48 Å². The van der Waals surface area contributed by atoms with Gasteiger partial charge in [0.1, 0.15) is 0 Å². The van der Waals surface area contributed by atoms with E-state index in [0.717, 1.165) is 12.1 Å². The fraction of sp³-hybridized carbons (Fsp3) is 0.643. The van der Waals surface area contributed by atoms with Crippen LogP contribution in [0, 0.1) is 5.41 Å². The summed E-state index contributed by atoms with van der Waals surface area (Å²) < 4.78 is 1.77. The summed E-state index contributed by atoms with van der Waals surface area (Å²) in [4.78, 5) is 25.0. The van der Waals surface area contributed by atoms with E-state index in [-0.39, 0.29) is 12.6 Å². The molecule has 1 aromatic heterocycles. The summed E-state index contributed by atoms with van der Waals surface area (Å²) in [7, 11) is 1.86. The van der Waals surface area contributed by atoms with E-state index in [9.17, 15) is 14.7 Å². The lowest BCUT2D eigenvalue weighted by molar-refractivity contribution is -0.150. The third kappa shape index (κ3) is 3.53. The van der Waals surface area contributed by atoms with Crippen molar-refractivity contribution in [1.82, 2.24) is 20.0 Å². The number of carboxylic acids is 1. The zero-order valence-electron chi connectivity index (χ0n) is 12.5. The van der Waals surface area contributed by atoms with Crippen molar-refractivity contribution in [3.05, 3.63) is 18.0 Å². The molecule has 0 radical (unpaired) electrons. The first-order valence-electron chi connectivity index (χ1n) is 7.15. The number of piperidine rings is 1. The average Bonchev–Trinajstić information content (AvgIpc) is 2.84. The van der Waals surface area contributed by atoms with Crippen molar-refractivity contribution in [2.24, 2.45) is 12.5 Å². The summed E-state index contributed by atoms with van der Waals surface area (Å²) >= 11 is 0. The van der Waals surface area contributed by atoms with Gasteiger partial charge in [0.15, 0.2) is 0 Å². The van der Waals surface area contributed by atoms with Crippen LogP contribution in [0.15, 0.2) is 12.3 Å². The molecule has 1 fully saturated rings. The number of carbonyl (C=O) groups excluding carboxylic acids is 1. The van der Waals surface area contributed by atoms with Crippen molar-refractivity contribution in [3.8, 4) is 0 Å². The Morgan fingerprint density at radius 1 is 1.52 bits per heavy atom. The van der Waals surface area contributed by atoms with Crippen LogP contribution in [0.1, 0.15) is 25.5 Å². The number of rotatable bonds is 4. The molecule has 0 bridgehead atoms. The monoisotopic (exact) mass is 294 g/mol. The fourth-order valence-electron chi connectivity index (χ4n) is 2.64. The molecule has 7 heteroatoms. The molecule has 2 heterocycles. The number of amides is 2. The van der Waals surface area contributed by atoms with Gasteiger partial charge < -0.3 is 15.3 Å². The number of hydrogen-bond acceptors (Lipinski definition) is 3. The van der Waals surface area contributed by atoms with Gasteiger partial charge >= 0.3 is 12.0 Å². The van der Waals surface area contributed by atoms with Crippen LogP contribution in [0.25, 0.3) is 0 Å². The maximum Gasteiger partial charge on any atom is 0.317 e. The van der Waals surface area contributed by atoms with Crippen LogP contribution in [0.3, 0.4) is 0 Å². The fourth-order valence-corrected chi connectivity index (χ4v) is 2.64. The predicted molar refractivity (Wildman–Crippen MR) is 76.9 cm³/mol. The highest BCUT2D eigenvalue weighted by atomic mass is 16.4. The van der Waals surface area contributed by atoms with Gasteiger partial charge in [-0.1, -0.05) is 0 Å². The van der Waals surface area contributed by atoms with Crippen molar-refractivity contribution in [3.63, 3.8) is 0 Å². The maximum atomic E-state index is 12.1. The summed E-state index contributed by atoms with van der Waals surface area (Å²) in [6.07, 6.45) is 3.76. The van der Waals surface area contributed by atoms with Crippen LogP contribution in [0.5, 0.6) is 0 Å². The molecule has 7 nitrogen and oxygen atoms in total. The van der Waals surface area contributed by atoms with Crippen LogP contribution in [0.2, 0.25) is 0 Å². The summed E-state index contributed by atoms with van der Waals surface area (Å²) in [5.41, 5.74) is 0.210. The Kier molecular flexibility index (Phi) is 4.50. The Morgan fingerprint density at radius 2 is 2.29 bits per heavy atom. The van der Waals surface area contributed by atoms with E-state index in [1.54, 1.807) is 22.7 Å². The number of urea groups is 1. The second-order valence-electron chi connectivity index (χ2n) is 5.82. The van der Waals surface area contributed by atoms with Gasteiger partial charge in [0.25, 0.3) is 0 Å². The van der Waals surface area contributed by atoms with E-state index in [2.05, 4.69) is 10.4 Å². The Balaban J connectivity index is 1.83. The molecule has 1 aliphatic rings. The lowest BCUT2D eigenvalue weighted by Crippen LogP contribution is -2.51. The molecule has 1 aromatic rings. The van der Waals surface area contributed by atoms with Crippen LogP contribution in [-0.2, 0) is 18.3 Å². The van der Waals surface area contributed by atoms with Gasteiger partial charge in [-0.25, -0.2) is 4.79 Å². The first kappa shape index (κ1) is 15.3. The quantitative estimate of drug-likeness (QED) is 0.862. The van der Waals surface area contributed by atoms with Gasteiger partial charge in [0.05, 0.1) is 5.41 Å². The normalized spacial score (nSPS) is 22.1. The number of aliphatic carboxylic acids is 1. The number of nitrogens with one attached hydrogen (secondary N) is 1. The zero-order valence-corrected chi connectivity index (χ0v) is 12.5. The third-order valence-electron chi connectivity index (χ3n) is 4.08. The predicted octanol–water partition coefficient (Wildman–Crippen LogP) is 0.859. The van der Waals surface area contributed by atoms with Crippen LogP contribution >= 0.6 is 0 Å². The first-order chi connectivity index (χ1) is 9.92. The lowest BCUT2D eigenvalue weighted by atomic mass is 9.82. The van der Waals surface area contributed by atoms with Crippen LogP contribution in [0.4, 0.5) is 4.79 Å². The molecule has 21 heavy (non-hydrogen) atoms. The van der Waals surface area contributed by atoms with E-state index in [1.165, 1.54) is 0 Å². The number of carbonyl (C=O) groups is 2. The highest BCUT2D eigenvalue weighted by Crippen LogP contribution is 2.29. The topological polar surface area (TPSA) is 87.5 Å². The standard InChI is InChI=1S/C14H22N4O3/c1-14(12(19)20)6-3-9-18(10-14)13(21)15-7-4-11-5-8-16-17(11)2/h5,8H,3-4,6-7,9-10H2,1-2H3,(H,15,21)(H,19,20). The number of aryl methyl sites for hydroxylation is 1. The van der Waals surface area contributed by atoms with E-state index in [1.807, 2.05) is 13.1 Å². The Morgan fingerprint density at radius 3 is 2.90 bits per heavy atom. The zero-order chi connectivity index (χ0) is 15.5. The molecule has 116 valence electrons. The van der Waals surface area contributed by atoms with Gasteiger partial charge in [-0.05, 0) is 25.8 Å². The van der Waals surface area contributed by atoms with Crippen molar-refractivity contribution in [2.75, 3.05) is 19.6 Å². The van der Waals surface area contributed by atoms with E-state index in [4.69, 9.17) is 0 Å². The Bertz CT molecular complexity index is 528. The van der Waals surface area contributed by atoms with Crippen molar-refractivity contribution in [2.45, 2.75) is 26.2 Å². The minimum Gasteiger partial charge on any atom is -0.481 e. The highest BCUT2D eigenvalue weighted by Gasteiger charge is 2.39. The van der Waals surface area contributed by atoms with Crippen molar-refractivity contribution < 1.29 is 14.7 Å². The Hall–Kier alpha value is -2.05. The molecule has 1 aliphatic heterocycles. The largest absolute Gasteiger partial charge is 0.481 e. The Labute approximate surface area is 123 Å². The number of likely N-dealkylation sites (tertiary alicyclic amines) is 1. The summed E-state index contributed by atoms with van der Waals surface area (Å²) in [5.74, 6) is -0.838. The maximum absolute atomic E-state index is 12.1. The van der Waals surface area contributed by atoms with Gasteiger partial charge in [-0.15, -0.1) is 0 Å². The molecule has 0 saturated carbocycles. The summed E-state index contributed by atoms with van der Waals surface area (Å²) in [6, 6.07) is 1.72. The molecular weight excluding hydrogens is 272 g/mol. The molecule has 0 aliphatic carbocycles. The SMILES string of the molecule is Cn1nccc1CCNC(=O)N1CCCC(C)(C(=O)O)C1. The van der Waals surface area contributed by atoms with E-state index >= 15 is 0 Å². The minimum atomic E-state index is -0.838. The van der Waals surface area contributed by atoms with Gasteiger partial charge in [-0.2, -0.15) is 5.10 Å². The summed E-state index contributed by atoms with van der Waals surface area (Å²) in [5, 5.41) is 16.2.